The molecule has 0 saturated carbocycles. The number of ether oxygens (including phenoxy) is 1. The number of halogens is 2. The number of aliphatic hydroxyl groups excluding tert-OH is 1. The van der Waals surface area contributed by atoms with Crippen LogP contribution in [0.4, 0.5) is 0 Å². The Morgan fingerprint density at radius 2 is 1.96 bits per heavy atom. The van der Waals surface area contributed by atoms with Crippen molar-refractivity contribution in [3.63, 3.8) is 0 Å². The standard InChI is InChI=1S/C20H24ClN3O2.HI/c1-2-22-20(24-13-18(25)14-7-9-16(21)10-8-14)23-12-17-11-15-5-3-4-6-19(15)26-17;/h3-10,17-18,25H,2,11-13H2,1H3,(H2,22,23,24);1H. The number of nitrogens with one attached hydrogen (secondary N) is 2. The molecule has 27 heavy (non-hydrogen) atoms. The van der Waals surface area contributed by atoms with Crippen LogP contribution in [0.1, 0.15) is 24.2 Å². The molecule has 0 bridgehead atoms. The summed E-state index contributed by atoms with van der Waals surface area (Å²) in [5, 5.41) is 17.4. The largest absolute Gasteiger partial charge is 0.488 e. The van der Waals surface area contributed by atoms with Crippen LogP contribution in [-0.4, -0.2) is 36.8 Å². The molecule has 2 unspecified atom stereocenters. The van der Waals surface area contributed by atoms with Crippen molar-refractivity contribution in [3.8, 4) is 5.75 Å². The number of aliphatic hydroxyl groups is 1. The van der Waals surface area contributed by atoms with Crippen LogP contribution in [0.15, 0.2) is 53.5 Å². The number of nitrogens with zero attached hydrogens (tertiary/aromatic N) is 1. The van der Waals surface area contributed by atoms with Crippen molar-refractivity contribution in [1.29, 1.82) is 0 Å². The molecule has 1 heterocycles. The molecule has 1 aliphatic rings. The van der Waals surface area contributed by atoms with Gasteiger partial charge in [-0.2, -0.15) is 0 Å². The topological polar surface area (TPSA) is 65.9 Å². The molecule has 1 aliphatic heterocycles. The summed E-state index contributed by atoms with van der Waals surface area (Å²) in [5.41, 5.74) is 2.03. The third-order valence-electron chi connectivity index (χ3n) is 4.23. The Hall–Kier alpha value is -1.51. The predicted molar refractivity (Wildman–Crippen MR) is 120 cm³/mol. The van der Waals surface area contributed by atoms with E-state index in [1.54, 1.807) is 12.1 Å². The summed E-state index contributed by atoms with van der Waals surface area (Å²) in [7, 11) is 0. The van der Waals surface area contributed by atoms with E-state index < -0.39 is 6.10 Å². The first-order chi connectivity index (χ1) is 12.7. The van der Waals surface area contributed by atoms with Crippen molar-refractivity contribution >= 4 is 41.5 Å². The van der Waals surface area contributed by atoms with Gasteiger partial charge in [-0.3, -0.25) is 4.99 Å². The van der Waals surface area contributed by atoms with Gasteiger partial charge >= 0.3 is 0 Å². The number of aliphatic imine (C=N–C) groups is 1. The lowest BCUT2D eigenvalue weighted by Gasteiger charge is -2.16. The third kappa shape index (κ3) is 6.26. The highest BCUT2D eigenvalue weighted by Crippen LogP contribution is 2.27. The minimum absolute atomic E-state index is 0. The van der Waals surface area contributed by atoms with Gasteiger partial charge in [-0.1, -0.05) is 41.9 Å². The number of hydrogen-bond acceptors (Lipinski definition) is 3. The normalized spacial score (nSPS) is 16.7. The van der Waals surface area contributed by atoms with E-state index >= 15 is 0 Å². The predicted octanol–water partition coefficient (Wildman–Crippen LogP) is 3.55. The number of benzene rings is 2. The molecule has 0 spiro atoms. The summed E-state index contributed by atoms with van der Waals surface area (Å²) in [6.45, 7) is 3.67. The zero-order chi connectivity index (χ0) is 18.4. The van der Waals surface area contributed by atoms with Crippen molar-refractivity contribution in [2.24, 2.45) is 4.99 Å². The van der Waals surface area contributed by atoms with Crippen molar-refractivity contribution in [2.75, 3.05) is 19.6 Å². The zero-order valence-corrected chi connectivity index (χ0v) is 18.3. The maximum Gasteiger partial charge on any atom is 0.191 e. The number of para-hydroxylation sites is 1. The molecule has 3 N–H and O–H groups in total. The molecule has 0 fully saturated rings. The van der Waals surface area contributed by atoms with E-state index in [4.69, 9.17) is 16.3 Å². The molecular weight excluding hydrogens is 477 g/mol. The van der Waals surface area contributed by atoms with Crippen molar-refractivity contribution in [3.05, 3.63) is 64.7 Å². The highest BCUT2D eigenvalue weighted by molar-refractivity contribution is 14.0. The lowest BCUT2D eigenvalue weighted by Crippen LogP contribution is -2.42. The average Bonchev–Trinajstić information content (AvgIpc) is 3.07. The fraction of sp³-hybridized carbons (Fsp3) is 0.350. The molecule has 2 aromatic carbocycles. The van der Waals surface area contributed by atoms with E-state index in [9.17, 15) is 5.11 Å². The number of rotatable bonds is 6. The van der Waals surface area contributed by atoms with Crippen LogP contribution >= 0.6 is 35.6 Å². The molecule has 2 aromatic rings. The minimum atomic E-state index is -0.672. The SMILES string of the molecule is CCNC(=NCC(O)c1ccc(Cl)cc1)NCC1Cc2ccccc2O1.I. The van der Waals surface area contributed by atoms with Crippen LogP contribution in [0.5, 0.6) is 5.75 Å². The number of guanidine groups is 1. The van der Waals surface area contributed by atoms with Crippen LogP contribution < -0.4 is 15.4 Å². The van der Waals surface area contributed by atoms with E-state index in [2.05, 4.69) is 21.7 Å². The van der Waals surface area contributed by atoms with Crippen molar-refractivity contribution in [2.45, 2.75) is 25.6 Å². The highest BCUT2D eigenvalue weighted by atomic mass is 127. The molecule has 0 aliphatic carbocycles. The van der Waals surface area contributed by atoms with E-state index in [0.29, 0.717) is 17.5 Å². The van der Waals surface area contributed by atoms with Crippen LogP contribution in [0.2, 0.25) is 5.02 Å². The van der Waals surface area contributed by atoms with Gasteiger partial charge in [0, 0.05) is 18.0 Å². The van der Waals surface area contributed by atoms with E-state index in [1.807, 2.05) is 37.3 Å². The molecule has 0 aromatic heterocycles. The van der Waals surface area contributed by atoms with Crippen molar-refractivity contribution < 1.29 is 9.84 Å². The molecular formula is C20H25ClIN3O2. The average molecular weight is 502 g/mol. The Morgan fingerprint density at radius 1 is 1.22 bits per heavy atom. The van der Waals surface area contributed by atoms with Crippen LogP contribution in [0.3, 0.4) is 0 Å². The monoisotopic (exact) mass is 501 g/mol. The summed E-state index contributed by atoms with van der Waals surface area (Å²) in [5.74, 6) is 1.62. The van der Waals surface area contributed by atoms with Crippen LogP contribution in [0.25, 0.3) is 0 Å². The van der Waals surface area contributed by atoms with Gasteiger partial charge in [-0.05, 0) is 36.2 Å². The minimum Gasteiger partial charge on any atom is -0.488 e. The van der Waals surface area contributed by atoms with Gasteiger partial charge in [0.05, 0.1) is 19.2 Å². The van der Waals surface area contributed by atoms with Crippen LogP contribution in [0, 0.1) is 0 Å². The quantitative estimate of drug-likeness (QED) is 0.322. The van der Waals surface area contributed by atoms with E-state index in [1.165, 1.54) is 5.56 Å². The Morgan fingerprint density at radius 3 is 2.67 bits per heavy atom. The zero-order valence-electron chi connectivity index (χ0n) is 15.2. The molecule has 5 nitrogen and oxygen atoms in total. The Kier molecular flexibility index (Phi) is 8.66. The molecule has 0 amide bonds. The third-order valence-corrected chi connectivity index (χ3v) is 4.48. The number of hydrogen-bond donors (Lipinski definition) is 3. The highest BCUT2D eigenvalue weighted by Gasteiger charge is 2.22. The molecule has 0 radical (unpaired) electrons. The molecule has 2 atom stereocenters. The smallest absolute Gasteiger partial charge is 0.191 e. The van der Waals surface area contributed by atoms with Crippen molar-refractivity contribution in [1.82, 2.24) is 10.6 Å². The van der Waals surface area contributed by atoms with E-state index in [-0.39, 0.29) is 36.6 Å². The fourth-order valence-corrected chi connectivity index (χ4v) is 3.01. The first-order valence-electron chi connectivity index (χ1n) is 8.86. The lowest BCUT2D eigenvalue weighted by molar-refractivity contribution is 0.187. The van der Waals surface area contributed by atoms with Gasteiger partial charge in [-0.25, -0.2) is 0 Å². The van der Waals surface area contributed by atoms with Gasteiger partial charge in [-0.15, -0.1) is 24.0 Å². The Bertz CT molecular complexity index is 730. The van der Waals surface area contributed by atoms with Crippen LogP contribution in [-0.2, 0) is 6.42 Å². The van der Waals surface area contributed by atoms with Gasteiger partial charge < -0.3 is 20.5 Å². The lowest BCUT2D eigenvalue weighted by atomic mass is 10.1. The summed E-state index contributed by atoms with van der Waals surface area (Å²) in [6, 6.07) is 15.3. The molecule has 3 rings (SSSR count). The maximum atomic E-state index is 10.3. The maximum absolute atomic E-state index is 10.3. The Labute approximate surface area is 182 Å². The van der Waals surface area contributed by atoms with Gasteiger partial charge in [0.1, 0.15) is 11.9 Å². The molecule has 7 heteroatoms. The second-order valence-corrected chi connectivity index (χ2v) is 6.66. The summed E-state index contributed by atoms with van der Waals surface area (Å²) in [4.78, 5) is 4.48. The number of fused-ring (bicyclic) bond motifs is 1. The first-order valence-corrected chi connectivity index (χ1v) is 9.23. The van der Waals surface area contributed by atoms with Gasteiger partial charge in [0.15, 0.2) is 5.96 Å². The second-order valence-electron chi connectivity index (χ2n) is 6.22. The Balaban J connectivity index is 0.00000261. The molecule has 146 valence electrons. The first kappa shape index (κ1) is 21.8. The van der Waals surface area contributed by atoms with E-state index in [0.717, 1.165) is 24.3 Å². The summed E-state index contributed by atoms with van der Waals surface area (Å²) >= 11 is 5.88. The summed E-state index contributed by atoms with van der Waals surface area (Å²) < 4.78 is 5.93. The molecule has 0 saturated heterocycles. The second kappa shape index (κ2) is 10.7. The summed E-state index contributed by atoms with van der Waals surface area (Å²) in [6.07, 6.45) is 0.294. The fourth-order valence-electron chi connectivity index (χ4n) is 2.89. The van der Waals surface area contributed by atoms with Gasteiger partial charge in [0.2, 0.25) is 0 Å². The van der Waals surface area contributed by atoms with Gasteiger partial charge in [0.25, 0.3) is 0 Å².